The fraction of sp³-hybridized carbons (Fsp3) is 0.571. The van der Waals surface area contributed by atoms with Crippen molar-refractivity contribution in [3.8, 4) is 0 Å². The number of methoxy groups -OCH3 is 1. The van der Waals surface area contributed by atoms with Gasteiger partial charge in [0.05, 0.1) is 12.7 Å². The summed E-state index contributed by atoms with van der Waals surface area (Å²) in [5.74, 6) is 0.360. The number of hydrogen-bond donors (Lipinski definition) is 1. The number of nitrogens with one attached hydrogen (secondary N) is 1. The number of ether oxygens (including phenoxy) is 2. The number of carbonyl (C=O) groups excluding carboxylic acids is 1. The van der Waals surface area contributed by atoms with Gasteiger partial charge in [-0.25, -0.2) is 9.78 Å². The maximum Gasteiger partial charge on any atom is 0.338 e. The molecule has 1 N–H and O–H groups in total. The van der Waals surface area contributed by atoms with Gasteiger partial charge >= 0.3 is 5.97 Å². The zero-order valence-electron chi connectivity index (χ0n) is 11.4. The van der Waals surface area contributed by atoms with Crippen LogP contribution in [0.25, 0.3) is 0 Å². The van der Waals surface area contributed by atoms with E-state index in [2.05, 4.69) is 17.2 Å². The first-order chi connectivity index (χ1) is 9.13. The molecule has 1 aromatic rings. The number of nitrogens with zero attached hydrogens (tertiary/aromatic N) is 1. The number of carbonyl (C=O) groups is 1. The average molecular weight is 264 g/mol. The highest BCUT2D eigenvalue weighted by Crippen LogP contribution is 2.29. The van der Waals surface area contributed by atoms with E-state index in [0.717, 1.165) is 32.6 Å². The van der Waals surface area contributed by atoms with Crippen LogP contribution in [0.5, 0.6) is 0 Å². The van der Waals surface area contributed by atoms with E-state index in [1.165, 1.54) is 7.11 Å². The minimum atomic E-state index is -0.345. The second-order valence-corrected chi connectivity index (χ2v) is 5.20. The lowest BCUT2D eigenvalue weighted by Gasteiger charge is -2.33. The summed E-state index contributed by atoms with van der Waals surface area (Å²) in [6.07, 6.45) is 3.69. The zero-order valence-corrected chi connectivity index (χ0v) is 11.4. The van der Waals surface area contributed by atoms with Gasteiger partial charge in [0.2, 0.25) is 0 Å². The third-order valence-corrected chi connectivity index (χ3v) is 3.58. The second kappa shape index (κ2) is 6.02. The highest BCUT2D eigenvalue weighted by atomic mass is 16.5. The molecule has 19 heavy (non-hydrogen) atoms. The topological polar surface area (TPSA) is 60.5 Å². The van der Waals surface area contributed by atoms with Crippen LogP contribution in [0.4, 0.5) is 5.82 Å². The first-order valence-corrected chi connectivity index (χ1v) is 6.49. The normalized spacial score (nSPS) is 17.8. The molecule has 1 aliphatic rings. The van der Waals surface area contributed by atoms with E-state index in [4.69, 9.17) is 9.47 Å². The molecule has 0 radical (unpaired) electrons. The fourth-order valence-corrected chi connectivity index (χ4v) is 2.12. The molecule has 2 rings (SSSR count). The van der Waals surface area contributed by atoms with Gasteiger partial charge in [-0.3, -0.25) is 0 Å². The Bertz CT molecular complexity index is 442. The maximum absolute atomic E-state index is 11.4. The summed E-state index contributed by atoms with van der Waals surface area (Å²) in [6.45, 7) is 4.70. The van der Waals surface area contributed by atoms with Crippen molar-refractivity contribution in [3.63, 3.8) is 0 Å². The lowest BCUT2D eigenvalue weighted by molar-refractivity contribution is 0.0300. The Hall–Kier alpha value is -1.62. The predicted octanol–water partition coefficient (Wildman–Crippen LogP) is 2.10. The molecule has 0 atom stereocenters. The standard InChI is InChI=1S/C14H20N2O3/c1-14(4-7-19-8-5-14)10-16-12-9-11(3-6-15-12)13(17)18-2/h3,6,9H,4-5,7-8,10H2,1-2H3,(H,15,16). The average Bonchev–Trinajstić information content (AvgIpc) is 2.45. The van der Waals surface area contributed by atoms with Gasteiger partial charge in [-0.05, 0) is 30.4 Å². The van der Waals surface area contributed by atoms with Gasteiger partial charge in [-0.1, -0.05) is 6.92 Å². The molecule has 5 heteroatoms. The summed E-state index contributed by atoms with van der Waals surface area (Å²) in [6, 6.07) is 3.36. The van der Waals surface area contributed by atoms with Crippen molar-refractivity contribution in [3.05, 3.63) is 23.9 Å². The van der Waals surface area contributed by atoms with Crippen molar-refractivity contribution in [2.24, 2.45) is 5.41 Å². The van der Waals surface area contributed by atoms with Crippen LogP contribution >= 0.6 is 0 Å². The van der Waals surface area contributed by atoms with Crippen molar-refractivity contribution in [1.82, 2.24) is 4.98 Å². The molecule has 104 valence electrons. The van der Waals surface area contributed by atoms with Gasteiger partial charge in [-0.15, -0.1) is 0 Å². The Kier molecular flexibility index (Phi) is 4.37. The van der Waals surface area contributed by atoms with Crippen LogP contribution < -0.4 is 5.32 Å². The number of anilines is 1. The van der Waals surface area contributed by atoms with E-state index < -0.39 is 0 Å². The Balaban J connectivity index is 1.97. The highest BCUT2D eigenvalue weighted by Gasteiger charge is 2.27. The van der Waals surface area contributed by atoms with Crippen molar-refractivity contribution >= 4 is 11.8 Å². The molecule has 0 amide bonds. The molecule has 1 saturated heterocycles. The summed E-state index contributed by atoms with van der Waals surface area (Å²) in [4.78, 5) is 15.7. The number of pyridine rings is 1. The van der Waals surface area contributed by atoms with Gasteiger partial charge in [-0.2, -0.15) is 0 Å². The molecule has 0 saturated carbocycles. The fourth-order valence-electron chi connectivity index (χ4n) is 2.12. The molecule has 0 aromatic carbocycles. The third-order valence-electron chi connectivity index (χ3n) is 3.58. The number of aromatic nitrogens is 1. The van der Waals surface area contributed by atoms with E-state index in [0.29, 0.717) is 11.4 Å². The van der Waals surface area contributed by atoms with Crippen LogP contribution in [0, 0.1) is 5.41 Å². The SMILES string of the molecule is COC(=O)c1ccnc(NCC2(C)CCOCC2)c1. The van der Waals surface area contributed by atoms with Crippen LogP contribution in [0.15, 0.2) is 18.3 Å². The Morgan fingerprint density at radius 2 is 2.26 bits per heavy atom. The van der Waals surface area contributed by atoms with E-state index >= 15 is 0 Å². The monoisotopic (exact) mass is 264 g/mol. The summed E-state index contributed by atoms with van der Waals surface area (Å²) in [5.41, 5.74) is 0.735. The van der Waals surface area contributed by atoms with Crippen LogP contribution in [-0.2, 0) is 9.47 Å². The minimum absolute atomic E-state index is 0.223. The van der Waals surface area contributed by atoms with Crippen molar-refractivity contribution in [2.45, 2.75) is 19.8 Å². The first kappa shape index (κ1) is 13.8. The number of rotatable bonds is 4. The van der Waals surface area contributed by atoms with Gasteiger partial charge in [0.25, 0.3) is 0 Å². The number of hydrogen-bond acceptors (Lipinski definition) is 5. The predicted molar refractivity (Wildman–Crippen MR) is 72.2 cm³/mol. The quantitative estimate of drug-likeness (QED) is 0.844. The molecule has 0 unspecified atom stereocenters. The van der Waals surface area contributed by atoms with Gasteiger partial charge in [0.15, 0.2) is 0 Å². The molecule has 1 fully saturated rings. The lowest BCUT2D eigenvalue weighted by Crippen LogP contribution is -2.33. The smallest absolute Gasteiger partial charge is 0.338 e. The summed E-state index contributed by atoms with van der Waals surface area (Å²) in [5, 5.41) is 3.30. The van der Waals surface area contributed by atoms with Gasteiger partial charge < -0.3 is 14.8 Å². The van der Waals surface area contributed by atoms with Gasteiger partial charge in [0, 0.05) is 26.0 Å². The van der Waals surface area contributed by atoms with Gasteiger partial charge in [0.1, 0.15) is 5.82 Å². The van der Waals surface area contributed by atoms with Crippen molar-refractivity contribution in [1.29, 1.82) is 0 Å². The molecule has 5 nitrogen and oxygen atoms in total. The first-order valence-electron chi connectivity index (χ1n) is 6.49. The summed E-state index contributed by atoms with van der Waals surface area (Å²) in [7, 11) is 1.37. The molecule has 0 bridgehead atoms. The van der Waals surface area contributed by atoms with Crippen LogP contribution in [0.2, 0.25) is 0 Å². The molecule has 1 aliphatic heterocycles. The largest absolute Gasteiger partial charge is 0.465 e. The molecule has 2 heterocycles. The van der Waals surface area contributed by atoms with Crippen molar-refractivity contribution < 1.29 is 14.3 Å². The number of esters is 1. The molecule has 1 aromatic heterocycles. The lowest BCUT2D eigenvalue weighted by atomic mass is 9.82. The summed E-state index contributed by atoms with van der Waals surface area (Å²) < 4.78 is 10.1. The molecular formula is C14H20N2O3. The van der Waals surface area contributed by atoms with Crippen LogP contribution in [-0.4, -0.2) is 37.8 Å². The van der Waals surface area contributed by atoms with E-state index in [1.54, 1.807) is 18.3 Å². The maximum atomic E-state index is 11.4. The minimum Gasteiger partial charge on any atom is -0.465 e. The highest BCUT2D eigenvalue weighted by molar-refractivity contribution is 5.89. The Morgan fingerprint density at radius 1 is 1.53 bits per heavy atom. The van der Waals surface area contributed by atoms with Crippen LogP contribution in [0.3, 0.4) is 0 Å². The summed E-state index contributed by atoms with van der Waals surface area (Å²) >= 11 is 0. The van der Waals surface area contributed by atoms with E-state index in [9.17, 15) is 4.79 Å². The molecular weight excluding hydrogens is 244 g/mol. The third kappa shape index (κ3) is 3.67. The molecule has 0 aliphatic carbocycles. The van der Waals surface area contributed by atoms with E-state index in [-0.39, 0.29) is 11.4 Å². The Labute approximate surface area is 113 Å². The second-order valence-electron chi connectivity index (χ2n) is 5.20. The van der Waals surface area contributed by atoms with Crippen molar-refractivity contribution in [2.75, 3.05) is 32.2 Å². The molecule has 0 spiro atoms. The van der Waals surface area contributed by atoms with Crippen LogP contribution in [0.1, 0.15) is 30.1 Å². The van der Waals surface area contributed by atoms with E-state index in [1.807, 2.05) is 0 Å². The zero-order chi connectivity index (χ0) is 13.7. The Morgan fingerprint density at radius 3 is 2.95 bits per heavy atom.